The number of carbonyl (C=O) groups is 1. The van der Waals surface area contributed by atoms with Crippen LogP contribution in [0.4, 0.5) is 11.4 Å². The summed E-state index contributed by atoms with van der Waals surface area (Å²) in [7, 11) is 1.60. The Kier molecular flexibility index (Phi) is 5.85. The first kappa shape index (κ1) is 23.5. The van der Waals surface area contributed by atoms with Gasteiger partial charge < -0.3 is 20.1 Å². The zero-order chi connectivity index (χ0) is 24.9. The lowest BCUT2D eigenvalue weighted by atomic mass is 9.78. The van der Waals surface area contributed by atoms with Crippen LogP contribution in [0.3, 0.4) is 0 Å². The highest BCUT2D eigenvalue weighted by Gasteiger charge is 2.59. The molecule has 5 rings (SSSR count). The van der Waals surface area contributed by atoms with Crippen molar-refractivity contribution in [3.05, 3.63) is 82.4 Å². The minimum atomic E-state index is -1.16. The second kappa shape index (κ2) is 8.73. The van der Waals surface area contributed by atoms with Crippen molar-refractivity contribution in [2.75, 3.05) is 17.3 Å². The summed E-state index contributed by atoms with van der Waals surface area (Å²) in [5.41, 5.74) is 3.25. The Hall–Kier alpha value is -3.29. The molecule has 0 unspecified atom stereocenters. The average molecular weight is 508 g/mol. The average Bonchev–Trinajstić information content (AvgIpc) is 2.80. The number of carbonyl (C=O) groups excluding carboxylic acids is 1. The zero-order valence-electron chi connectivity index (χ0n) is 19.9. The molecule has 8 heteroatoms. The SMILES string of the molecule is COc1cccc2c1O[C@@]1(C)[C@@H](C(=O)Nc3ccc(C)cc3C)[C@H]2NC(=S)N1c1cccc(Cl)c1. The number of benzene rings is 3. The number of halogens is 1. The third kappa shape index (κ3) is 3.89. The molecule has 1 saturated heterocycles. The second-order valence-corrected chi connectivity index (χ2v) is 9.89. The molecule has 35 heavy (non-hydrogen) atoms. The van der Waals surface area contributed by atoms with E-state index in [-0.39, 0.29) is 5.91 Å². The fraction of sp³-hybridized carbons (Fsp3) is 0.259. The largest absolute Gasteiger partial charge is 0.493 e. The Bertz CT molecular complexity index is 1350. The molecule has 2 heterocycles. The number of para-hydroxylation sites is 1. The fourth-order valence-corrected chi connectivity index (χ4v) is 5.70. The smallest absolute Gasteiger partial charge is 0.236 e. The highest BCUT2D eigenvalue weighted by molar-refractivity contribution is 7.80. The first-order chi connectivity index (χ1) is 16.7. The molecule has 0 spiro atoms. The van der Waals surface area contributed by atoms with Crippen LogP contribution in [0.2, 0.25) is 5.02 Å². The van der Waals surface area contributed by atoms with Crippen molar-refractivity contribution in [1.82, 2.24) is 5.32 Å². The van der Waals surface area contributed by atoms with E-state index in [0.717, 1.165) is 28.1 Å². The third-order valence-corrected chi connectivity index (χ3v) is 7.23. The van der Waals surface area contributed by atoms with Crippen molar-refractivity contribution in [3.8, 4) is 11.5 Å². The minimum absolute atomic E-state index is 0.181. The van der Waals surface area contributed by atoms with Crippen LogP contribution >= 0.6 is 23.8 Å². The predicted octanol–water partition coefficient (Wildman–Crippen LogP) is 5.76. The van der Waals surface area contributed by atoms with E-state index in [0.29, 0.717) is 21.6 Å². The Balaban J connectivity index is 1.65. The molecule has 6 nitrogen and oxygen atoms in total. The number of anilines is 2. The summed E-state index contributed by atoms with van der Waals surface area (Å²) in [6.07, 6.45) is 0. The number of hydrogen-bond donors (Lipinski definition) is 2. The van der Waals surface area contributed by atoms with Crippen molar-refractivity contribution in [1.29, 1.82) is 0 Å². The van der Waals surface area contributed by atoms with E-state index in [1.807, 2.05) is 74.2 Å². The summed E-state index contributed by atoms with van der Waals surface area (Å²) < 4.78 is 12.3. The summed E-state index contributed by atoms with van der Waals surface area (Å²) in [6.45, 7) is 5.89. The van der Waals surface area contributed by atoms with E-state index in [1.54, 1.807) is 19.2 Å². The van der Waals surface area contributed by atoms with Gasteiger partial charge in [0.1, 0.15) is 5.92 Å². The first-order valence-corrected chi connectivity index (χ1v) is 12.1. The van der Waals surface area contributed by atoms with E-state index in [9.17, 15) is 4.79 Å². The van der Waals surface area contributed by atoms with Crippen LogP contribution in [0, 0.1) is 19.8 Å². The second-order valence-electron chi connectivity index (χ2n) is 9.06. The highest BCUT2D eigenvalue weighted by Crippen LogP contribution is 2.52. The maximum absolute atomic E-state index is 14.0. The number of aryl methyl sites for hydroxylation is 2. The van der Waals surface area contributed by atoms with Crippen LogP contribution in [0.25, 0.3) is 0 Å². The van der Waals surface area contributed by atoms with Crippen LogP contribution in [0.15, 0.2) is 60.7 Å². The monoisotopic (exact) mass is 507 g/mol. The molecule has 0 saturated carbocycles. The minimum Gasteiger partial charge on any atom is -0.493 e. The molecule has 0 radical (unpaired) electrons. The topological polar surface area (TPSA) is 62.8 Å². The molecule has 180 valence electrons. The van der Waals surface area contributed by atoms with Gasteiger partial charge in [0, 0.05) is 22.0 Å². The summed E-state index contributed by atoms with van der Waals surface area (Å²) in [6, 6.07) is 18.5. The van der Waals surface area contributed by atoms with Crippen LogP contribution < -0.4 is 25.0 Å². The van der Waals surface area contributed by atoms with Gasteiger partial charge in [-0.15, -0.1) is 0 Å². The number of ether oxygens (including phenoxy) is 2. The molecular formula is C27H26ClN3O3S. The number of methoxy groups -OCH3 is 1. The molecule has 2 aliphatic rings. The maximum atomic E-state index is 14.0. The normalized spacial score (nSPS) is 22.5. The number of nitrogens with zero attached hydrogens (tertiary/aromatic N) is 1. The fourth-order valence-electron chi connectivity index (χ4n) is 5.10. The van der Waals surface area contributed by atoms with Crippen molar-refractivity contribution >= 4 is 46.2 Å². The molecule has 1 fully saturated rings. The Labute approximate surface area is 215 Å². The Morgan fingerprint density at radius 1 is 1.17 bits per heavy atom. The van der Waals surface area contributed by atoms with Crippen LogP contribution in [-0.4, -0.2) is 23.9 Å². The molecule has 2 bridgehead atoms. The van der Waals surface area contributed by atoms with Crippen molar-refractivity contribution in [2.24, 2.45) is 5.92 Å². The molecule has 1 amide bonds. The lowest BCUT2D eigenvalue weighted by Gasteiger charge is -2.56. The molecular weight excluding hydrogens is 482 g/mol. The molecule has 3 aromatic carbocycles. The lowest BCUT2D eigenvalue weighted by Crippen LogP contribution is -2.72. The van der Waals surface area contributed by atoms with Gasteiger partial charge in [0.25, 0.3) is 0 Å². The third-order valence-electron chi connectivity index (χ3n) is 6.70. The van der Waals surface area contributed by atoms with Gasteiger partial charge in [0.15, 0.2) is 22.3 Å². The standard InChI is InChI=1S/C27H26ClN3O3S/c1-15-11-12-20(16(2)13-15)29-25(32)22-23-19-9-6-10-21(33-4)24(19)34-27(22,3)31(26(35)30-23)18-8-5-7-17(28)14-18/h5-14,22-23H,1-4H3,(H,29,32)(H,30,35)/t22-,23+,27+/m1/s1. The molecule has 2 aliphatic heterocycles. The molecule has 0 aromatic heterocycles. The van der Waals surface area contributed by atoms with E-state index in [4.69, 9.17) is 33.3 Å². The molecule has 0 aliphatic carbocycles. The van der Waals surface area contributed by atoms with E-state index < -0.39 is 17.7 Å². The highest BCUT2D eigenvalue weighted by atomic mass is 35.5. The lowest BCUT2D eigenvalue weighted by molar-refractivity contribution is -0.130. The van der Waals surface area contributed by atoms with Gasteiger partial charge >= 0.3 is 0 Å². The van der Waals surface area contributed by atoms with Gasteiger partial charge in [0.2, 0.25) is 5.91 Å². The van der Waals surface area contributed by atoms with Crippen LogP contribution in [0.5, 0.6) is 11.5 Å². The summed E-state index contributed by atoms with van der Waals surface area (Å²) in [4.78, 5) is 15.8. The van der Waals surface area contributed by atoms with Gasteiger partial charge in [-0.2, -0.15) is 0 Å². The molecule has 2 N–H and O–H groups in total. The van der Waals surface area contributed by atoms with Gasteiger partial charge in [-0.3, -0.25) is 9.69 Å². The number of fused-ring (bicyclic) bond motifs is 4. The Morgan fingerprint density at radius 2 is 1.94 bits per heavy atom. The van der Waals surface area contributed by atoms with Gasteiger partial charge in [-0.1, -0.05) is 47.5 Å². The zero-order valence-corrected chi connectivity index (χ0v) is 21.5. The quantitative estimate of drug-likeness (QED) is 0.437. The number of amides is 1. The predicted molar refractivity (Wildman–Crippen MR) is 142 cm³/mol. The van der Waals surface area contributed by atoms with Crippen molar-refractivity contribution in [3.63, 3.8) is 0 Å². The first-order valence-electron chi connectivity index (χ1n) is 11.3. The van der Waals surface area contributed by atoms with Gasteiger partial charge in [0.05, 0.1) is 13.2 Å². The van der Waals surface area contributed by atoms with E-state index in [1.165, 1.54) is 0 Å². The summed E-state index contributed by atoms with van der Waals surface area (Å²) in [5, 5.41) is 7.54. The van der Waals surface area contributed by atoms with Crippen LogP contribution in [0.1, 0.15) is 29.7 Å². The Morgan fingerprint density at radius 3 is 2.66 bits per heavy atom. The summed E-state index contributed by atoms with van der Waals surface area (Å²) >= 11 is 12.1. The van der Waals surface area contributed by atoms with Gasteiger partial charge in [-0.05, 0) is 68.9 Å². The van der Waals surface area contributed by atoms with Gasteiger partial charge in [-0.25, -0.2) is 0 Å². The molecule has 3 aromatic rings. The van der Waals surface area contributed by atoms with Crippen LogP contribution in [-0.2, 0) is 4.79 Å². The van der Waals surface area contributed by atoms with E-state index >= 15 is 0 Å². The van der Waals surface area contributed by atoms with E-state index in [2.05, 4.69) is 10.6 Å². The number of thiocarbonyl (C=S) groups is 1. The molecule has 3 atom stereocenters. The number of nitrogens with one attached hydrogen (secondary N) is 2. The summed E-state index contributed by atoms with van der Waals surface area (Å²) in [5.74, 6) is 0.334. The number of rotatable bonds is 4. The maximum Gasteiger partial charge on any atom is 0.236 e. The number of hydrogen-bond acceptors (Lipinski definition) is 4. The van der Waals surface area contributed by atoms with Crippen molar-refractivity contribution < 1.29 is 14.3 Å². The van der Waals surface area contributed by atoms with Crippen molar-refractivity contribution in [2.45, 2.75) is 32.5 Å².